The maximum absolute atomic E-state index is 12.8. The summed E-state index contributed by atoms with van der Waals surface area (Å²) < 4.78 is 25.6. The number of hydrogen-bond acceptors (Lipinski definition) is 5. The summed E-state index contributed by atoms with van der Waals surface area (Å²) in [6.45, 7) is 13.3. The molecule has 3 rings (SSSR count). The Morgan fingerprint density at radius 2 is 1.97 bits per heavy atom. The van der Waals surface area contributed by atoms with E-state index in [0.29, 0.717) is 5.41 Å². The number of allylic oxidation sites excluding steroid dienone is 2. The number of rotatable bonds is 10. The molecule has 162 valence electrons. The number of alkyl halides is 2. The van der Waals surface area contributed by atoms with Gasteiger partial charge in [-0.2, -0.15) is 0 Å². The molecule has 2 aliphatic rings. The Kier molecular flexibility index (Phi) is 7.54. The van der Waals surface area contributed by atoms with E-state index in [-0.39, 0.29) is 12.3 Å². The number of anilines is 1. The van der Waals surface area contributed by atoms with Crippen LogP contribution in [0.5, 0.6) is 0 Å². The standard InChI is InChI=1S/C22H34F2N4S/c1-5-8-17(9-19(23)24)10-27-11-22(12-27)13-28(14-22)20-16(4)21(26-15-25-20)29-18(6-2)7-3/h6,15,17,19H,5,7-14H2,1-4H3/b18-6-. The summed E-state index contributed by atoms with van der Waals surface area (Å²) in [5.41, 5.74) is 1.47. The highest BCUT2D eigenvalue weighted by molar-refractivity contribution is 8.03. The first kappa shape index (κ1) is 22.5. The highest BCUT2D eigenvalue weighted by Gasteiger charge is 2.52. The third kappa shape index (κ3) is 5.29. The van der Waals surface area contributed by atoms with E-state index in [1.807, 2.05) is 0 Å². The van der Waals surface area contributed by atoms with Crippen LogP contribution in [-0.4, -0.2) is 54.0 Å². The SMILES string of the molecule is C/C=C(/CC)Sc1ncnc(N2CC3(CN(CC(CCC)CC(F)F)C3)C2)c1C. The molecule has 0 bridgehead atoms. The van der Waals surface area contributed by atoms with Crippen molar-refractivity contribution in [2.75, 3.05) is 37.6 Å². The molecule has 2 aliphatic heterocycles. The monoisotopic (exact) mass is 424 g/mol. The number of thioether (sulfide) groups is 1. The van der Waals surface area contributed by atoms with Crippen molar-refractivity contribution in [3.8, 4) is 0 Å². The minimum Gasteiger partial charge on any atom is -0.355 e. The van der Waals surface area contributed by atoms with E-state index in [0.717, 1.165) is 68.4 Å². The molecule has 1 unspecified atom stereocenters. The van der Waals surface area contributed by atoms with Crippen molar-refractivity contribution in [1.82, 2.24) is 14.9 Å². The Morgan fingerprint density at radius 1 is 1.24 bits per heavy atom. The van der Waals surface area contributed by atoms with E-state index < -0.39 is 6.43 Å². The Labute approximate surface area is 178 Å². The lowest BCUT2D eigenvalue weighted by Crippen LogP contribution is -2.72. The van der Waals surface area contributed by atoms with Crippen LogP contribution in [0, 0.1) is 18.3 Å². The van der Waals surface area contributed by atoms with Gasteiger partial charge in [0.15, 0.2) is 0 Å². The van der Waals surface area contributed by atoms with E-state index in [4.69, 9.17) is 0 Å². The normalized spacial score (nSPS) is 20.1. The van der Waals surface area contributed by atoms with E-state index >= 15 is 0 Å². The van der Waals surface area contributed by atoms with Crippen LogP contribution < -0.4 is 4.90 Å². The van der Waals surface area contributed by atoms with Crippen LogP contribution in [-0.2, 0) is 0 Å². The van der Waals surface area contributed by atoms with Crippen molar-refractivity contribution in [3.05, 3.63) is 22.9 Å². The Balaban J connectivity index is 1.53. The molecule has 2 saturated heterocycles. The van der Waals surface area contributed by atoms with Gasteiger partial charge in [-0.25, -0.2) is 18.7 Å². The lowest BCUT2D eigenvalue weighted by molar-refractivity contribution is -0.0369. The molecule has 1 aromatic heterocycles. The molecule has 0 aromatic carbocycles. The molecule has 7 heteroatoms. The second-order valence-corrected chi connectivity index (χ2v) is 9.76. The van der Waals surface area contributed by atoms with Gasteiger partial charge in [0.05, 0.1) is 0 Å². The first-order valence-corrected chi connectivity index (χ1v) is 11.6. The molecular weight excluding hydrogens is 390 g/mol. The summed E-state index contributed by atoms with van der Waals surface area (Å²) >= 11 is 1.73. The molecule has 0 N–H and O–H groups in total. The predicted octanol–water partition coefficient (Wildman–Crippen LogP) is 5.38. The molecule has 0 radical (unpaired) electrons. The average Bonchev–Trinajstić information content (AvgIpc) is 2.62. The van der Waals surface area contributed by atoms with Gasteiger partial charge in [-0.1, -0.05) is 38.1 Å². The molecule has 1 spiro atoms. The van der Waals surface area contributed by atoms with Gasteiger partial charge in [0.2, 0.25) is 6.43 Å². The summed E-state index contributed by atoms with van der Waals surface area (Å²) in [4.78, 5) is 15.1. The van der Waals surface area contributed by atoms with Crippen LogP contribution in [0.1, 0.15) is 52.0 Å². The largest absolute Gasteiger partial charge is 0.355 e. The third-order valence-electron chi connectivity index (χ3n) is 6.10. The lowest BCUT2D eigenvalue weighted by atomic mass is 9.72. The van der Waals surface area contributed by atoms with Crippen molar-refractivity contribution in [1.29, 1.82) is 0 Å². The fourth-order valence-corrected chi connectivity index (χ4v) is 5.61. The van der Waals surface area contributed by atoms with E-state index in [1.54, 1.807) is 18.1 Å². The molecule has 0 aliphatic carbocycles. The quantitative estimate of drug-likeness (QED) is 0.372. The molecule has 1 atom stereocenters. The highest BCUT2D eigenvalue weighted by Crippen LogP contribution is 2.43. The van der Waals surface area contributed by atoms with Crippen LogP contribution in [0.3, 0.4) is 0 Å². The number of hydrogen-bond donors (Lipinski definition) is 0. The maximum atomic E-state index is 12.8. The van der Waals surface area contributed by atoms with Crippen LogP contribution in [0.25, 0.3) is 0 Å². The van der Waals surface area contributed by atoms with Crippen molar-refractivity contribution >= 4 is 17.6 Å². The molecular formula is C22H34F2N4S. The topological polar surface area (TPSA) is 32.3 Å². The van der Waals surface area contributed by atoms with Gasteiger partial charge in [0.25, 0.3) is 0 Å². The number of halogens is 2. The minimum atomic E-state index is -2.19. The second-order valence-electron chi connectivity index (χ2n) is 8.65. The molecule has 0 saturated carbocycles. The first-order chi connectivity index (χ1) is 13.9. The predicted molar refractivity (Wildman–Crippen MR) is 117 cm³/mol. The molecule has 4 nitrogen and oxygen atoms in total. The zero-order valence-corrected chi connectivity index (χ0v) is 18.9. The van der Waals surface area contributed by atoms with Gasteiger partial charge in [0, 0.05) is 50.1 Å². The molecule has 3 heterocycles. The zero-order valence-electron chi connectivity index (χ0n) is 18.1. The Morgan fingerprint density at radius 3 is 2.55 bits per heavy atom. The molecule has 29 heavy (non-hydrogen) atoms. The third-order valence-corrected chi connectivity index (χ3v) is 7.50. The highest BCUT2D eigenvalue weighted by atomic mass is 32.2. The Hall–Kier alpha value is -1.21. The summed E-state index contributed by atoms with van der Waals surface area (Å²) in [6.07, 6.45) is 4.54. The number of nitrogens with zero attached hydrogens (tertiary/aromatic N) is 4. The van der Waals surface area contributed by atoms with Crippen LogP contribution in [0.2, 0.25) is 0 Å². The van der Waals surface area contributed by atoms with Crippen LogP contribution in [0.15, 0.2) is 22.3 Å². The van der Waals surface area contributed by atoms with E-state index in [1.165, 1.54) is 4.91 Å². The van der Waals surface area contributed by atoms with Gasteiger partial charge in [-0.15, -0.1) is 0 Å². The number of likely N-dealkylation sites (tertiary alicyclic amines) is 1. The zero-order chi connectivity index (χ0) is 21.0. The van der Waals surface area contributed by atoms with Gasteiger partial charge in [0.1, 0.15) is 17.2 Å². The summed E-state index contributed by atoms with van der Waals surface area (Å²) in [5, 5.41) is 1.04. The fourth-order valence-electron chi connectivity index (χ4n) is 4.76. The Bertz CT molecular complexity index is 711. The minimum absolute atomic E-state index is 0.0377. The fraction of sp³-hybridized carbons (Fsp3) is 0.727. The average molecular weight is 425 g/mol. The van der Waals surface area contributed by atoms with Crippen molar-refractivity contribution in [2.24, 2.45) is 11.3 Å². The lowest BCUT2D eigenvalue weighted by Gasteiger charge is -2.61. The molecule has 1 aromatic rings. The van der Waals surface area contributed by atoms with E-state index in [2.05, 4.69) is 53.5 Å². The van der Waals surface area contributed by atoms with Crippen LogP contribution >= 0.6 is 11.8 Å². The smallest absolute Gasteiger partial charge is 0.238 e. The summed E-state index contributed by atoms with van der Waals surface area (Å²) in [6, 6.07) is 0. The van der Waals surface area contributed by atoms with Crippen molar-refractivity contribution in [2.45, 2.75) is 64.8 Å². The van der Waals surface area contributed by atoms with Gasteiger partial charge in [-0.05, 0) is 37.5 Å². The maximum Gasteiger partial charge on any atom is 0.238 e. The molecule has 2 fully saturated rings. The van der Waals surface area contributed by atoms with E-state index in [9.17, 15) is 8.78 Å². The number of aromatic nitrogens is 2. The first-order valence-electron chi connectivity index (χ1n) is 10.8. The van der Waals surface area contributed by atoms with Gasteiger partial charge >= 0.3 is 0 Å². The molecule has 0 amide bonds. The summed E-state index contributed by atoms with van der Waals surface area (Å²) in [5.74, 6) is 1.16. The second kappa shape index (κ2) is 9.73. The summed E-state index contributed by atoms with van der Waals surface area (Å²) in [7, 11) is 0. The van der Waals surface area contributed by atoms with Crippen LogP contribution in [0.4, 0.5) is 14.6 Å². The van der Waals surface area contributed by atoms with Gasteiger partial charge < -0.3 is 9.80 Å². The van der Waals surface area contributed by atoms with Gasteiger partial charge in [-0.3, -0.25) is 0 Å². The van der Waals surface area contributed by atoms with Crippen molar-refractivity contribution in [3.63, 3.8) is 0 Å². The van der Waals surface area contributed by atoms with Crippen molar-refractivity contribution < 1.29 is 8.78 Å².